The zero-order chi connectivity index (χ0) is 13.6. The predicted octanol–water partition coefficient (Wildman–Crippen LogP) is 4.44. The van der Waals surface area contributed by atoms with Crippen molar-refractivity contribution in [3.05, 3.63) is 46.1 Å². The number of carbonyl (C=O) groups is 1. The van der Waals surface area contributed by atoms with Crippen molar-refractivity contribution in [3.63, 3.8) is 0 Å². The Bertz CT molecular complexity index is 648. The van der Waals surface area contributed by atoms with E-state index < -0.39 is 5.97 Å². The van der Waals surface area contributed by atoms with Crippen LogP contribution in [0.2, 0.25) is 10.0 Å². The van der Waals surface area contributed by atoms with Crippen molar-refractivity contribution < 1.29 is 14.3 Å². The van der Waals surface area contributed by atoms with Gasteiger partial charge in [0.25, 0.3) is 0 Å². The van der Waals surface area contributed by atoms with E-state index in [4.69, 9.17) is 32.7 Å². The molecule has 1 aliphatic rings. The Hall–Kier alpha value is -1.45. The molecule has 0 spiro atoms. The number of carboxylic acids is 1. The van der Waals surface area contributed by atoms with E-state index in [0.29, 0.717) is 33.6 Å². The second-order valence-corrected chi connectivity index (χ2v) is 5.46. The Labute approximate surface area is 119 Å². The Kier molecular flexibility index (Phi) is 3.03. The van der Waals surface area contributed by atoms with Crippen LogP contribution in [0, 0.1) is 5.92 Å². The van der Waals surface area contributed by atoms with Gasteiger partial charge in [-0.25, -0.2) is 0 Å². The van der Waals surface area contributed by atoms with Crippen LogP contribution in [-0.4, -0.2) is 11.1 Å². The number of halogens is 2. The van der Waals surface area contributed by atoms with E-state index >= 15 is 0 Å². The lowest BCUT2D eigenvalue weighted by molar-refractivity contribution is -0.138. The molecule has 0 radical (unpaired) electrons. The molecule has 1 aromatic carbocycles. The van der Waals surface area contributed by atoms with Crippen molar-refractivity contribution in [2.45, 2.75) is 12.3 Å². The molecule has 98 valence electrons. The average Bonchev–Trinajstić information content (AvgIpc) is 3.04. The van der Waals surface area contributed by atoms with Gasteiger partial charge in [0.15, 0.2) is 0 Å². The summed E-state index contributed by atoms with van der Waals surface area (Å²) in [5.41, 5.74) is 0.716. The summed E-state index contributed by atoms with van der Waals surface area (Å²) in [6.07, 6.45) is 0.631. The molecule has 0 bridgehead atoms. The maximum absolute atomic E-state index is 10.8. The second kappa shape index (κ2) is 4.58. The van der Waals surface area contributed by atoms with Gasteiger partial charge in [0.05, 0.1) is 10.9 Å². The highest BCUT2D eigenvalue weighted by Crippen LogP contribution is 2.49. The zero-order valence-electron chi connectivity index (χ0n) is 9.77. The van der Waals surface area contributed by atoms with E-state index in [1.54, 1.807) is 30.3 Å². The van der Waals surface area contributed by atoms with Gasteiger partial charge in [0, 0.05) is 16.5 Å². The van der Waals surface area contributed by atoms with Crippen molar-refractivity contribution in [1.29, 1.82) is 0 Å². The third kappa shape index (κ3) is 2.36. The third-order valence-electron chi connectivity index (χ3n) is 3.29. The van der Waals surface area contributed by atoms with Crippen molar-refractivity contribution in [3.8, 4) is 11.3 Å². The van der Waals surface area contributed by atoms with Gasteiger partial charge >= 0.3 is 5.97 Å². The molecule has 2 atom stereocenters. The molecular formula is C14H10Cl2O3. The molecule has 3 rings (SSSR count). The Morgan fingerprint density at radius 1 is 1.26 bits per heavy atom. The molecule has 0 aliphatic heterocycles. The first kappa shape index (κ1) is 12.6. The summed E-state index contributed by atoms with van der Waals surface area (Å²) in [6.45, 7) is 0. The summed E-state index contributed by atoms with van der Waals surface area (Å²) in [5, 5.41) is 10.0. The van der Waals surface area contributed by atoms with E-state index in [2.05, 4.69) is 0 Å². The summed E-state index contributed by atoms with van der Waals surface area (Å²) in [4.78, 5) is 10.8. The van der Waals surface area contributed by atoms with Gasteiger partial charge in [-0.15, -0.1) is 0 Å². The van der Waals surface area contributed by atoms with Crippen molar-refractivity contribution >= 4 is 29.2 Å². The lowest BCUT2D eigenvalue weighted by Gasteiger charge is -2.01. The summed E-state index contributed by atoms with van der Waals surface area (Å²) in [5.74, 6) is 0.179. The van der Waals surface area contributed by atoms with Crippen molar-refractivity contribution in [2.75, 3.05) is 0 Å². The first-order chi connectivity index (χ1) is 9.06. The zero-order valence-corrected chi connectivity index (χ0v) is 11.3. The van der Waals surface area contributed by atoms with E-state index in [9.17, 15) is 4.79 Å². The predicted molar refractivity (Wildman–Crippen MR) is 72.6 cm³/mol. The average molecular weight is 297 g/mol. The van der Waals surface area contributed by atoms with Gasteiger partial charge < -0.3 is 9.52 Å². The number of hydrogen-bond acceptors (Lipinski definition) is 2. The molecule has 1 fully saturated rings. The smallest absolute Gasteiger partial charge is 0.307 e. The topological polar surface area (TPSA) is 50.4 Å². The van der Waals surface area contributed by atoms with E-state index in [-0.39, 0.29) is 11.8 Å². The number of carboxylic acid groups (broad SMARTS) is 1. The SMILES string of the molecule is O=C(O)[C@@H]1C[C@H]1c1ccc(-c2cc(Cl)ccc2Cl)o1. The third-order valence-corrected chi connectivity index (χ3v) is 3.86. The monoisotopic (exact) mass is 296 g/mol. The van der Waals surface area contributed by atoms with Crippen LogP contribution in [0.3, 0.4) is 0 Å². The van der Waals surface area contributed by atoms with Crippen LogP contribution >= 0.6 is 23.2 Å². The molecule has 2 aromatic rings. The fraction of sp³-hybridized carbons (Fsp3) is 0.214. The van der Waals surface area contributed by atoms with E-state index in [1.807, 2.05) is 0 Å². The molecule has 0 saturated heterocycles. The van der Waals surface area contributed by atoms with Gasteiger partial charge in [0.1, 0.15) is 11.5 Å². The number of aliphatic carboxylic acids is 1. The molecule has 1 N–H and O–H groups in total. The Morgan fingerprint density at radius 2 is 2.05 bits per heavy atom. The van der Waals surface area contributed by atoms with Crippen LogP contribution < -0.4 is 0 Å². The summed E-state index contributed by atoms with van der Waals surface area (Å²) in [6, 6.07) is 8.75. The minimum Gasteiger partial charge on any atom is -0.481 e. The van der Waals surface area contributed by atoms with Crippen LogP contribution in [0.1, 0.15) is 18.1 Å². The number of rotatable bonds is 3. The Balaban J connectivity index is 1.90. The van der Waals surface area contributed by atoms with Crippen LogP contribution in [0.25, 0.3) is 11.3 Å². The maximum atomic E-state index is 10.8. The largest absolute Gasteiger partial charge is 0.481 e. The number of furan rings is 1. The molecule has 3 nitrogen and oxygen atoms in total. The lowest BCUT2D eigenvalue weighted by Crippen LogP contribution is -1.98. The van der Waals surface area contributed by atoms with Crippen LogP contribution in [0.5, 0.6) is 0 Å². The fourth-order valence-corrected chi connectivity index (χ4v) is 2.55. The quantitative estimate of drug-likeness (QED) is 0.911. The van der Waals surface area contributed by atoms with Crippen LogP contribution in [-0.2, 0) is 4.79 Å². The van der Waals surface area contributed by atoms with Gasteiger partial charge in [-0.3, -0.25) is 4.79 Å². The standard InChI is InChI=1S/C14H10Cl2O3/c15-7-1-2-11(16)10(5-7)13-4-3-12(19-13)8-6-9(8)14(17)18/h1-5,8-9H,6H2,(H,17,18)/t8-,9-/m1/s1. The molecule has 19 heavy (non-hydrogen) atoms. The molecule has 0 unspecified atom stereocenters. The normalized spacial score (nSPS) is 21.4. The minimum absolute atomic E-state index is 0.0239. The number of benzene rings is 1. The second-order valence-electron chi connectivity index (χ2n) is 4.61. The highest BCUT2D eigenvalue weighted by molar-refractivity contribution is 6.35. The maximum Gasteiger partial charge on any atom is 0.307 e. The molecular weight excluding hydrogens is 287 g/mol. The van der Waals surface area contributed by atoms with Gasteiger partial charge in [-0.05, 0) is 36.8 Å². The van der Waals surface area contributed by atoms with E-state index in [1.165, 1.54) is 0 Å². The number of hydrogen-bond donors (Lipinski definition) is 1. The fourth-order valence-electron chi connectivity index (χ4n) is 2.17. The molecule has 1 heterocycles. The van der Waals surface area contributed by atoms with Crippen LogP contribution in [0.4, 0.5) is 0 Å². The van der Waals surface area contributed by atoms with E-state index in [0.717, 1.165) is 0 Å². The highest BCUT2D eigenvalue weighted by atomic mass is 35.5. The van der Waals surface area contributed by atoms with Crippen LogP contribution in [0.15, 0.2) is 34.7 Å². The molecule has 1 aromatic heterocycles. The van der Waals surface area contributed by atoms with Crippen molar-refractivity contribution in [2.24, 2.45) is 5.92 Å². The Morgan fingerprint density at radius 3 is 2.74 bits per heavy atom. The minimum atomic E-state index is -0.774. The summed E-state index contributed by atoms with van der Waals surface area (Å²) >= 11 is 12.0. The molecule has 1 aliphatic carbocycles. The van der Waals surface area contributed by atoms with Gasteiger partial charge in [0.2, 0.25) is 0 Å². The first-order valence-corrected chi connectivity index (χ1v) is 6.60. The molecule has 5 heteroatoms. The highest BCUT2D eigenvalue weighted by Gasteiger charge is 2.46. The summed E-state index contributed by atoms with van der Waals surface area (Å²) < 4.78 is 5.70. The lowest BCUT2D eigenvalue weighted by atomic mass is 10.2. The van der Waals surface area contributed by atoms with Gasteiger partial charge in [-0.1, -0.05) is 23.2 Å². The summed E-state index contributed by atoms with van der Waals surface area (Å²) in [7, 11) is 0. The van der Waals surface area contributed by atoms with Crippen molar-refractivity contribution in [1.82, 2.24) is 0 Å². The molecule has 1 saturated carbocycles. The first-order valence-electron chi connectivity index (χ1n) is 5.84. The molecule has 0 amide bonds. The van der Waals surface area contributed by atoms with Gasteiger partial charge in [-0.2, -0.15) is 0 Å².